The highest BCUT2D eigenvalue weighted by atomic mass is 35.5. The molecule has 2 aromatic heterocycles. The van der Waals surface area contributed by atoms with Gasteiger partial charge in [-0.3, -0.25) is 9.88 Å². The molecule has 3 fully saturated rings. The lowest BCUT2D eigenvalue weighted by Gasteiger charge is -2.54. The number of hydrogen-bond acceptors (Lipinski definition) is 9. The van der Waals surface area contributed by atoms with Crippen molar-refractivity contribution in [2.24, 2.45) is 5.41 Å². The zero-order chi connectivity index (χ0) is 31.8. The number of carboxylic acid groups (broad SMARTS) is 1. The second kappa shape index (κ2) is 10.5. The molecule has 8 rings (SSSR count). The summed E-state index contributed by atoms with van der Waals surface area (Å²) in [5.74, 6) is 0.549. The van der Waals surface area contributed by atoms with Gasteiger partial charge in [-0.25, -0.2) is 9.78 Å². The average Bonchev–Trinajstić information content (AvgIpc) is 3.60. The first-order valence-corrected chi connectivity index (χ1v) is 15.9. The molecule has 2 aliphatic carbocycles. The maximum Gasteiger partial charge on any atom is 0.335 e. The number of aromatic carboxylic acids is 1. The van der Waals surface area contributed by atoms with Crippen LogP contribution in [0, 0.1) is 16.7 Å². The van der Waals surface area contributed by atoms with E-state index in [1.807, 2.05) is 25.1 Å². The minimum absolute atomic E-state index is 0.135. The predicted octanol–water partition coefficient (Wildman–Crippen LogP) is 5.59. The summed E-state index contributed by atoms with van der Waals surface area (Å²) in [6.07, 6.45) is 5.33. The Morgan fingerprint density at radius 2 is 2.00 bits per heavy atom. The Labute approximate surface area is 270 Å². The van der Waals surface area contributed by atoms with Crippen LogP contribution in [0.5, 0.6) is 17.2 Å². The van der Waals surface area contributed by atoms with Crippen molar-refractivity contribution in [3.05, 3.63) is 70.8 Å². The van der Waals surface area contributed by atoms with E-state index in [0.717, 1.165) is 56.0 Å². The van der Waals surface area contributed by atoms with Gasteiger partial charge in [-0.05, 0) is 62.1 Å². The summed E-state index contributed by atoms with van der Waals surface area (Å²) in [5.41, 5.74) is 2.65. The van der Waals surface area contributed by atoms with Crippen LogP contribution < -0.4 is 19.1 Å². The number of para-hydroxylation sites is 1. The molecule has 11 nitrogen and oxygen atoms in total. The van der Waals surface area contributed by atoms with Crippen LogP contribution in [-0.2, 0) is 18.9 Å². The Morgan fingerprint density at radius 3 is 2.67 bits per heavy atom. The van der Waals surface area contributed by atoms with Gasteiger partial charge in [0.05, 0.1) is 46.9 Å². The molecular formula is C34H33ClN6O5. The van der Waals surface area contributed by atoms with E-state index in [2.05, 4.69) is 31.5 Å². The summed E-state index contributed by atoms with van der Waals surface area (Å²) < 4.78 is 20.5. The first-order valence-electron chi connectivity index (χ1n) is 15.6. The van der Waals surface area contributed by atoms with E-state index in [-0.39, 0.29) is 11.6 Å². The Morgan fingerprint density at radius 1 is 1.17 bits per heavy atom. The number of nitrogens with zero attached hydrogens (tertiary/aromatic N) is 6. The van der Waals surface area contributed by atoms with Gasteiger partial charge >= 0.3 is 5.97 Å². The Balaban J connectivity index is 1.08. The number of carbonyl (C=O) groups is 1. The molecule has 0 bridgehead atoms. The second-order valence-electron chi connectivity index (χ2n) is 12.8. The number of imidazole rings is 1. The van der Waals surface area contributed by atoms with Crippen molar-refractivity contribution in [2.75, 3.05) is 25.1 Å². The highest BCUT2D eigenvalue weighted by molar-refractivity contribution is 6.30. The van der Waals surface area contributed by atoms with Crippen LogP contribution in [0.25, 0.3) is 11.0 Å². The van der Waals surface area contributed by atoms with Gasteiger partial charge in [-0.2, -0.15) is 5.26 Å². The number of anilines is 1. The molecule has 1 saturated heterocycles. The largest absolute Gasteiger partial charge is 0.494 e. The highest BCUT2D eigenvalue weighted by Crippen LogP contribution is 2.51. The van der Waals surface area contributed by atoms with E-state index in [1.54, 1.807) is 18.3 Å². The van der Waals surface area contributed by atoms with Gasteiger partial charge in [-0.15, -0.1) is 0 Å². The lowest BCUT2D eigenvalue weighted by Crippen LogP contribution is -2.64. The lowest BCUT2D eigenvalue weighted by atomic mass is 9.81. The smallest absolute Gasteiger partial charge is 0.335 e. The standard InChI is InChI=1S/C34H33ClN6O5/c1-33(28-9-6-21(35)16-37-28)45-26-5-3-4-24(31(26)46-33)40-13-12-39(22-7-8-23(22)40)17-29-38-30-25(41(29)19-34(18-36)10-11-34)14-20(32(42)43)15-27(30)44-2/h3-6,9,14-16,22-23H,7-8,10-13,17,19H2,1-2H3,(H,42,43)/t22-,23+,33-/m0/s1. The third-order valence-corrected chi connectivity index (χ3v) is 10.2. The van der Waals surface area contributed by atoms with Gasteiger partial charge in [0.15, 0.2) is 11.5 Å². The monoisotopic (exact) mass is 640 g/mol. The number of nitriles is 1. The maximum absolute atomic E-state index is 12.0. The maximum atomic E-state index is 12.0. The third-order valence-electron chi connectivity index (χ3n) is 10.0. The molecule has 236 valence electrons. The number of hydrogen-bond donors (Lipinski definition) is 1. The van der Waals surface area contributed by atoms with E-state index < -0.39 is 17.2 Å². The molecule has 12 heteroatoms. The van der Waals surface area contributed by atoms with Gasteiger partial charge in [0.2, 0.25) is 0 Å². The number of methoxy groups -OCH3 is 1. The topological polar surface area (TPSA) is 126 Å². The number of benzene rings is 2. The zero-order valence-electron chi connectivity index (χ0n) is 25.6. The zero-order valence-corrected chi connectivity index (χ0v) is 26.3. The van der Waals surface area contributed by atoms with Crippen molar-refractivity contribution in [1.29, 1.82) is 5.26 Å². The average molecular weight is 641 g/mol. The summed E-state index contributed by atoms with van der Waals surface area (Å²) in [4.78, 5) is 26.3. The number of ether oxygens (including phenoxy) is 3. The molecule has 0 amide bonds. The van der Waals surface area contributed by atoms with E-state index in [4.69, 9.17) is 30.8 Å². The molecule has 2 aromatic carbocycles. The lowest BCUT2D eigenvalue weighted by molar-refractivity contribution is -0.0717. The van der Waals surface area contributed by atoms with Crippen LogP contribution in [-0.4, -0.2) is 62.8 Å². The molecule has 46 heavy (non-hydrogen) atoms. The first-order chi connectivity index (χ1) is 22.2. The molecular weight excluding hydrogens is 608 g/mol. The minimum atomic E-state index is -1.06. The van der Waals surface area contributed by atoms with Gasteiger partial charge in [0, 0.05) is 44.8 Å². The Hall–Kier alpha value is -4.53. The van der Waals surface area contributed by atoms with Crippen molar-refractivity contribution in [1.82, 2.24) is 19.4 Å². The summed E-state index contributed by atoms with van der Waals surface area (Å²) >= 11 is 6.08. The second-order valence-corrected chi connectivity index (χ2v) is 13.3. The van der Waals surface area contributed by atoms with E-state index in [0.29, 0.717) is 52.4 Å². The fraction of sp³-hybridized carbons (Fsp3) is 0.412. The normalized spacial score (nSPS) is 24.3. The number of pyridine rings is 1. The summed E-state index contributed by atoms with van der Waals surface area (Å²) in [5, 5.41) is 20.3. The molecule has 2 saturated carbocycles. The van der Waals surface area contributed by atoms with Crippen molar-refractivity contribution in [3.63, 3.8) is 0 Å². The molecule has 1 N–H and O–H groups in total. The summed E-state index contributed by atoms with van der Waals surface area (Å²) in [6, 6.07) is 15.9. The summed E-state index contributed by atoms with van der Waals surface area (Å²) in [7, 11) is 1.53. The van der Waals surface area contributed by atoms with E-state index in [9.17, 15) is 15.2 Å². The number of halogens is 1. The molecule has 4 heterocycles. The summed E-state index contributed by atoms with van der Waals surface area (Å²) in [6.45, 7) is 4.52. The number of aromatic nitrogens is 3. The SMILES string of the molecule is COc1cc(C(=O)O)cc2c1nc(CN1CCN(c3cccc4c3O[C@@](C)(c3ccc(Cl)cn3)O4)[C@@H]3CC[C@@H]31)n2CC1(C#N)CC1. The Bertz CT molecular complexity index is 1920. The molecule has 0 spiro atoms. The molecule has 4 aromatic rings. The fourth-order valence-corrected chi connectivity index (χ4v) is 7.27. The predicted molar refractivity (Wildman–Crippen MR) is 169 cm³/mol. The molecule has 4 aliphatic rings. The van der Waals surface area contributed by atoms with Crippen molar-refractivity contribution in [2.45, 2.75) is 63.6 Å². The minimum Gasteiger partial charge on any atom is -0.494 e. The van der Waals surface area contributed by atoms with Crippen molar-refractivity contribution >= 4 is 34.3 Å². The van der Waals surface area contributed by atoms with Crippen molar-refractivity contribution < 1.29 is 24.1 Å². The van der Waals surface area contributed by atoms with Crippen LogP contribution in [0.15, 0.2) is 48.7 Å². The van der Waals surface area contributed by atoms with Gasteiger partial charge in [0.25, 0.3) is 5.79 Å². The van der Waals surface area contributed by atoms with Crippen LogP contribution in [0.3, 0.4) is 0 Å². The molecule has 3 atom stereocenters. The van der Waals surface area contributed by atoms with Gasteiger partial charge < -0.3 is 28.8 Å². The Kier molecular flexibility index (Phi) is 6.60. The third kappa shape index (κ3) is 4.62. The highest BCUT2D eigenvalue weighted by Gasteiger charge is 2.48. The van der Waals surface area contributed by atoms with Crippen LogP contribution in [0.4, 0.5) is 5.69 Å². The first kappa shape index (κ1) is 28.9. The van der Waals surface area contributed by atoms with Gasteiger partial charge in [0.1, 0.15) is 22.8 Å². The van der Waals surface area contributed by atoms with Crippen LogP contribution >= 0.6 is 11.6 Å². The number of fused-ring (bicyclic) bond motifs is 3. The molecule has 0 radical (unpaired) electrons. The van der Waals surface area contributed by atoms with Crippen molar-refractivity contribution in [3.8, 4) is 23.3 Å². The number of piperazine rings is 1. The molecule has 0 unspecified atom stereocenters. The van der Waals surface area contributed by atoms with Gasteiger partial charge in [-0.1, -0.05) is 17.7 Å². The quantitative estimate of drug-likeness (QED) is 0.260. The van der Waals surface area contributed by atoms with E-state index in [1.165, 1.54) is 13.2 Å². The number of rotatable bonds is 8. The fourth-order valence-electron chi connectivity index (χ4n) is 7.16. The number of carboxylic acids is 1. The van der Waals surface area contributed by atoms with Crippen LogP contribution in [0.2, 0.25) is 5.02 Å². The molecule has 2 aliphatic heterocycles. The van der Waals surface area contributed by atoms with Crippen LogP contribution in [0.1, 0.15) is 54.5 Å². The van der Waals surface area contributed by atoms with E-state index >= 15 is 0 Å².